The maximum absolute atomic E-state index is 13.6. The van der Waals surface area contributed by atoms with Gasteiger partial charge in [0.05, 0.1) is 6.54 Å². The van der Waals surface area contributed by atoms with Gasteiger partial charge in [0.25, 0.3) is 11.8 Å². The van der Waals surface area contributed by atoms with Crippen molar-refractivity contribution in [2.45, 2.75) is 12.1 Å². The highest BCUT2D eigenvalue weighted by molar-refractivity contribution is 7.13. The third kappa shape index (κ3) is 2.86. The first-order valence-electron chi connectivity index (χ1n) is 9.18. The molecule has 4 amide bonds. The topological polar surface area (TPSA) is 91.4 Å². The van der Waals surface area contributed by atoms with Gasteiger partial charge in [-0.1, -0.05) is 30.3 Å². The molecule has 1 atom stereocenters. The van der Waals surface area contributed by atoms with E-state index in [1.165, 1.54) is 28.4 Å². The van der Waals surface area contributed by atoms with E-state index in [0.29, 0.717) is 11.1 Å². The van der Waals surface area contributed by atoms with Crippen molar-refractivity contribution in [3.05, 3.63) is 76.5 Å². The lowest BCUT2D eigenvalue weighted by Gasteiger charge is -2.31. The second kappa shape index (κ2) is 6.74. The van der Waals surface area contributed by atoms with Crippen molar-refractivity contribution in [2.75, 3.05) is 6.54 Å². The summed E-state index contributed by atoms with van der Waals surface area (Å²) in [5.41, 5.74) is 0.943. The standard InChI is InChI=1S/C21H15FN4O3S/c22-15-6-3-13-10-26(18(27)16(13)9-15)11-21(19(28)24-20(29)25-21)14-4-1-12(2-5-14)17-23-7-8-30-17/h1-9H,10-11H2,(H2,24,25,28,29)/t21-/m0/s1. The van der Waals surface area contributed by atoms with E-state index in [4.69, 9.17) is 0 Å². The van der Waals surface area contributed by atoms with Gasteiger partial charge < -0.3 is 10.2 Å². The monoisotopic (exact) mass is 422 g/mol. The number of carbonyl (C=O) groups excluding carboxylic acids is 3. The molecule has 2 N–H and O–H groups in total. The second-order valence-electron chi connectivity index (χ2n) is 7.19. The summed E-state index contributed by atoms with van der Waals surface area (Å²) in [4.78, 5) is 43.4. The van der Waals surface area contributed by atoms with Crippen LogP contribution in [0.1, 0.15) is 21.5 Å². The van der Waals surface area contributed by atoms with Crippen LogP contribution in [0.3, 0.4) is 0 Å². The van der Waals surface area contributed by atoms with Crippen LogP contribution >= 0.6 is 11.3 Å². The van der Waals surface area contributed by atoms with Crippen molar-refractivity contribution >= 4 is 29.2 Å². The Hall–Kier alpha value is -3.59. The number of fused-ring (bicyclic) bond motifs is 1. The zero-order chi connectivity index (χ0) is 20.9. The number of amides is 4. The van der Waals surface area contributed by atoms with Crippen molar-refractivity contribution in [3.63, 3.8) is 0 Å². The number of thiazole rings is 1. The highest BCUT2D eigenvalue weighted by Crippen LogP contribution is 2.32. The molecule has 1 aromatic heterocycles. The van der Waals surface area contributed by atoms with E-state index in [0.717, 1.165) is 10.6 Å². The molecule has 2 aromatic carbocycles. The first-order chi connectivity index (χ1) is 14.5. The Balaban J connectivity index is 1.50. The highest BCUT2D eigenvalue weighted by Gasteiger charge is 2.50. The van der Waals surface area contributed by atoms with Gasteiger partial charge in [0.2, 0.25) is 0 Å². The molecule has 30 heavy (non-hydrogen) atoms. The van der Waals surface area contributed by atoms with Crippen molar-refractivity contribution in [1.82, 2.24) is 20.5 Å². The molecule has 5 rings (SSSR count). The number of imide groups is 1. The van der Waals surface area contributed by atoms with E-state index in [1.807, 2.05) is 17.5 Å². The Kier molecular flexibility index (Phi) is 4.14. The van der Waals surface area contributed by atoms with Crippen LogP contribution in [0.2, 0.25) is 0 Å². The van der Waals surface area contributed by atoms with Crippen LogP contribution in [-0.2, 0) is 16.9 Å². The Morgan fingerprint density at radius 2 is 1.93 bits per heavy atom. The lowest BCUT2D eigenvalue weighted by atomic mass is 9.88. The second-order valence-corrected chi connectivity index (χ2v) is 8.09. The molecular weight excluding hydrogens is 407 g/mol. The van der Waals surface area contributed by atoms with Crippen LogP contribution in [0.5, 0.6) is 0 Å². The summed E-state index contributed by atoms with van der Waals surface area (Å²) in [6.07, 6.45) is 1.71. The van der Waals surface area contributed by atoms with Crippen molar-refractivity contribution in [3.8, 4) is 10.6 Å². The van der Waals surface area contributed by atoms with Crippen LogP contribution in [0.25, 0.3) is 10.6 Å². The Labute approximate surface area is 174 Å². The maximum Gasteiger partial charge on any atom is 0.322 e. The van der Waals surface area contributed by atoms with Gasteiger partial charge in [0.15, 0.2) is 5.54 Å². The SMILES string of the molecule is O=C1NC(=O)[C@](CN2Cc3ccc(F)cc3C2=O)(c2ccc(-c3nccs3)cc2)N1. The molecular formula is C21H15FN4O3S. The van der Waals surface area contributed by atoms with Gasteiger partial charge in [0, 0.05) is 29.2 Å². The van der Waals surface area contributed by atoms with Gasteiger partial charge in [-0.25, -0.2) is 14.2 Å². The molecule has 0 radical (unpaired) electrons. The fraction of sp³-hybridized carbons (Fsp3) is 0.143. The summed E-state index contributed by atoms with van der Waals surface area (Å²) in [6.45, 7) is 0.160. The molecule has 0 unspecified atom stereocenters. The maximum atomic E-state index is 13.6. The number of hydrogen-bond donors (Lipinski definition) is 2. The van der Waals surface area contributed by atoms with Gasteiger partial charge in [0.1, 0.15) is 10.8 Å². The number of hydrogen-bond acceptors (Lipinski definition) is 5. The molecule has 7 nitrogen and oxygen atoms in total. The summed E-state index contributed by atoms with van der Waals surface area (Å²) in [5, 5.41) is 7.67. The Bertz CT molecular complexity index is 1180. The first-order valence-corrected chi connectivity index (χ1v) is 10.1. The van der Waals surface area contributed by atoms with Gasteiger partial charge in [-0.3, -0.25) is 14.9 Å². The van der Waals surface area contributed by atoms with Gasteiger partial charge in [-0.15, -0.1) is 11.3 Å². The number of benzene rings is 2. The van der Waals surface area contributed by atoms with E-state index in [-0.39, 0.29) is 24.6 Å². The number of nitrogens with zero attached hydrogens (tertiary/aromatic N) is 2. The summed E-state index contributed by atoms with van der Waals surface area (Å²) < 4.78 is 13.6. The lowest BCUT2D eigenvalue weighted by Crippen LogP contribution is -2.52. The minimum atomic E-state index is -1.44. The highest BCUT2D eigenvalue weighted by atomic mass is 32.1. The van der Waals surface area contributed by atoms with Crippen molar-refractivity contribution in [2.24, 2.45) is 0 Å². The molecule has 0 aliphatic carbocycles. The number of rotatable bonds is 4. The molecule has 0 spiro atoms. The molecule has 0 saturated carbocycles. The van der Waals surface area contributed by atoms with Crippen molar-refractivity contribution < 1.29 is 18.8 Å². The first kappa shape index (κ1) is 18.4. The zero-order valence-corrected chi connectivity index (χ0v) is 16.3. The fourth-order valence-electron chi connectivity index (χ4n) is 3.91. The zero-order valence-electron chi connectivity index (χ0n) is 15.5. The lowest BCUT2D eigenvalue weighted by molar-refractivity contribution is -0.124. The fourth-order valence-corrected chi connectivity index (χ4v) is 4.55. The summed E-state index contributed by atoms with van der Waals surface area (Å²) in [6, 6.07) is 10.6. The van der Waals surface area contributed by atoms with Crippen LogP contribution in [0, 0.1) is 5.82 Å². The average molecular weight is 422 g/mol. The third-order valence-electron chi connectivity index (χ3n) is 5.38. The summed E-state index contributed by atoms with van der Waals surface area (Å²) in [5.74, 6) is -1.41. The predicted molar refractivity (Wildman–Crippen MR) is 107 cm³/mol. The molecule has 2 aliphatic rings. The summed E-state index contributed by atoms with van der Waals surface area (Å²) in [7, 11) is 0. The minimum Gasteiger partial charge on any atom is -0.331 e. The molecule has 1 saturated heterocycles. The minimum absolute atomic E-state index is 0.0731. The van der Waals surface area contributed by atoms with E-state index in [1.54, 1.807) is 24.4 Å². The van der Waals surface area contributed by atoms with E-state index in [2.05, 4.69) is 15.6 Å². The molecule has 1 fully saturated rings. The van der Waals surface area contributed by atoms with Gasteiger partial charge in [-0.2, -0.15) is 0 Å². The molecule has 2 aliphatic heterocycles. The Morgan fingerprint density at radius 3 is 2.60 bits per heavy atom. The van der Waals surface area contributed by atoms with Crippen LogP contribution in [0.4, 0.5) is 9.18 Å². The van der Waals surface area contributed by atoms with E-state index in [9.17, 15) is 18.8 Å². The molecule has 3 heterocycles. The molecule has 0 bridgehead atoms. The largest absolute Gasteiger partial charge is 0.331 e. The number of aromatic nitrogens is 1. The smallest absolute Gasteiger partial charge is 0.322 e. The quantitative estimate of drug-likeness (QED) is 0.633. The molecule has 3 aromatic rings. The van der Waals surface area contributed by atoms with Gasteiger partial charge >= 0.3 is 6.03 Å². The third-order valence-corrected chi connectivity index (χ3v) is 6.20. The van der Waals surface area contributed by atoms with Crippen LogP contribution in [-0.4, -0.2) is 34.3 Å². The van der Waals surface area contributed by atoms with Crippen LogP contribution in [0.15, 0.2) is 54.0 Å². The average Bonchev–Trinajstić information content (AvgIpc) is 3.43. The normalized spacial score (nSPS) is 20.3. The van der Waals surface area contributed by atoms with E-state index < -0.39 is 23.3 Å². The number of urea groups is 1. The Morgan fingerprint density at radius 1 is 1.13 bits per heavy atom. The number of nitrogens with one attached hydrogen (secondary N) is 2. The number of halogens is 1. The number of carbonyl (C=O) groups is 3. The molecule has 9 heteroatoms. The van der Waals surface area contributed by atoms with E-state index >= 15 is 0 Å². The van der Waals surface area contributed by atoms with Crippen LogP contribution < -0.4 is 10.6 Å². The predicted octanol–water partition coefficient (Wildman–Crippen LogP) is 2.64. The van der Waals surface area contributed by atoms with Gasteiger partial charge in [-0.05, 0) is 23.3 Å². The molecule has 150 valence electrons. The summed E-state index contributed by atoms with van der Waals surface area (Å²) >= 11 is 1.49. The van der Waals surface area contributed by atoms with Crippen molar-refractivity contribution in [1.29, 1.82) is 0 Å².